The lowest BCUT2D eigenvalue weighted by Crippen LogP contribution is -2.38. The van der Waals surface area contributed by atoms with Gasteiger partial charge in [-0.3, -0.25) is 0 Å². The standard InChI is InChI=1S/C4H12O3Si.C2H8O4Si/c1-5-8(4,6-2)7-3;1-2-6-7(3,4)5/h1-4H3;3-5H,2H2,1H3. The van der Waals surface area contributed by atoms with E-state index in [0.717, 1.165) is 0 Å². The molecule has 3 N–H and O–H groups in total. The molecule has 0 rings (SSSR count). The lowest BCUT2D eigenvalue weighted by atomic mass is 10.9. The highest BCUT2D eigenvalue weighted by atomic mass is 28.4. The molecule has 0 heterocycles. The van der Waals surface area contributed by atoms with Crippen LogP contribution in [0.1, 0.15) is 6.92 Å². The Bertz CT molecular complexity index is 137. The third-order valence-corrected chi connectivity index (χ3v) is 4.35. The molecule has 0 atom stereocenters. The summed E-state index contributed by atoms with van der Waals surface area (Å²) in [5, 5.41) is 0. The molecular formula is C6H20O7Si2. The highest BCUT2D eigenvalue weighted by molar-refractivity contribution is 6.58. The summed E-state index contributed by atoms with van der Waals surface area (Å²) < 4.78 is 18.8. The first-order valence-electron chi connectivity index (χ1n) is 4.21. The Hall–Kier alpha value is 0.154. The molecule has 0 unspecified atom stereocenters. The van der Waals surface area contributed by atoms with E-state index in [9.17, 15) is 0 Å². The fourth-order valence-electron chi connectivity index (χ4n) is 0.444. The second kappa shape index (κ2) is 8.32. The molecule has 0 saturated carbocycles. The third kappa shape index (κ3) is 12.1. The van der Waals surface area contributed by atoms with Gasteiger partial charge in [-0.25, -0.2) is 0 Å². The second-order valence-electron chi connectivity index (χ2n) is 2.48. The summed E-state index contributed by atoms with van der Waals surface area (Å²) in [5.74, 6) is 0. The Morgan fingerprint density at radius 1 is 0.933 bits per heavy atom. The third-order valence-electron chi connectivity index (χ3n) is 1.45. The van der Waals surface area contributed by atoms with Gasteiger partial charge in [-0.05, 0) is 6.92 Å². The van der Waals surface area contributed by atoms with Crippen LogP contribution in [0.5, 0.6) is 0 Å². The average Bonchev–Trinajstić information content (AvgIpc) is 2.16. The molecule has 15 heavy (non-hydrogen) atoms. The summed E-state index contributed by atoms with van der Waals surface area (Å²) in [4.78, 5) is 24.1. The summed E-state index contributed by atoms with van der Waals surface area (Å²) in [6.45, 7) is 3.51. The van der Waals surface area contributed by atoms with Crippen LogP contribution >= 0.6 is 0 Å². The van der Waals surface area contributed by atoms with Gasteiger partial charge in [0.05, 0.1) is 0 Å². The highest BCUT2D eigenvalue weighted by Gasteiger charge is 2.29. The van der Waals surface area contributed by atoms with Gasteiger partial charge < -0.3 is 32.1 Å². The van der Waals surface area contributed by atoms with Gasteiger partial charge in [0, 0.05) is 34.5 Å². The fraction of sp³-hybridized carbons (Fsp3) is 1.00. The lowest BCUT2D eigenvalue weighted by molar-refractivity contribution is 0.0687. The smallest absolute Gasteiger partial charge is 0.377 e. The number of hydrogen-bond donors (Lipinski definition) is 3. The van der Waals surface area contributed by atoms with Gasteiger partial charge >= 0.3 is 17.9 Å². The van der Waals surface area contributed by atoms with Gasteiger partial charge in [0.2, 0.25) is 0 Å². The van der Waals surface area contributed by atoms with E-state index in [4.69, 9.17) is 27.7 Å². The molecule has 0 aliphatic rings. The lowest BCUT2D eigenvalue weighted by Gasteiger charge is -2.18. The van der Waals surface area contributed by atoms with Crippen molar-refractivity contribution in [1.29, 1.82) is 0 Å². The Labute approximate surface area is 92.0 Å². The Kier molecular flexibility index (Phi) is 9.73. The highest BCUT2D eigenvalue weighted by Crippen LogP contribution is 2.02. The van der Waals surface area contributed by atoms with Crippen LogP contribution in [0.4, 0.5) is 0 Å². The summed E-state index contributed by atoms with van der Waals surface area (Å²) in [5.41, 5.74) is 0. The maximum atomic E-state index is 8.05. The van der Waals surface area contributed by atoms with Crippen molar-refractivity contribution < 1.29 is 32.1 Å². The van der Waals surface area contributed by atoms with Gasteiger partial charge in [0.1, 0.15) is 0 Å². The first kappa shape index (κ1) is 17.5. The van der Waals surface area contributed by atoms with Crippen molar-refractivity contribution in [3.8, 4) is 0 Å². The van der Waals surface area contributed by atoms with Gasteiger partial charge in [-0.15, -0.1) is 0 Å². The second-order valence-corrected chi connectivity index (χ2v) is 6.87. The molecule has 0 radical (unpaired) electrons. The fourth-order valence-corrected chi connectivity index (χ4v) is 1.33. The van der Waals surface area contributed by atoms with Crippen LogP contribution in [-0.2, 0) is 17.7 Å². The first-order valence-corrected chi connectivity index (χ1v) is 8.18. The Balaban J connectivity index is 0. The van der Waals surface area contributed by atoms with E-state index in [2.05, 4.69) is 4.43 Å². The van der Waals surface area contributed by atoms with Crippen LogP contribution < -0.4 is 0 Å². The Morgan fingerprint density at radius 3 is 1.27 bits per heavy atom. The van der Waals surface area contributed by atoms with Gasteiger partial charge in [-0.2, -0.15) is 0 Å². The van der Waals surface area contributed by atoms with Crippen LogP contribution in [0.25, 0.3) is 0 Å². The average molecular weight is 260 g/mol. The summed E-state index contributed by atoms with van der Waals surface area (Å²) in [7, 11) is -1.58. The van der Waals surface area contributed by atoms with Gasteiger partial charge in [-0.1, -0.05) is 0 Å². The maximum Gasteiger partial charge on any atom is 0.671 e. The quantitative estimate of drug-likeness (QED) is 0.541. The SMILES string of the molecule is CCO[Si](O)(O)O.CO[Si](C)(OC)OC. The first-order chi connectivity index (χ1) is 6.74. The van der Waals surface area contributed by atoms with E-state index >= 15 is 0 Å². The topological polar surface area (TPSA) is 97.6 Å². The van der Waals surface area contributed by atoms with Gasteiger partial charge in [0.25, 0.3) is 0 Å². The van der Waals surface area contributed by atoms with E-state index in [-0.39, 0.29) is 6.61 Å². The van der Waals surface area contributed by atoms with Crippen molar-refractivity contribution in [2.24, 2.45) is 0 Å². The molecule has 0 aromatic carbocycles. The summed E-state index contributed by atoms with van der Waals surface area (Å²) in [6.07, 6.45) is 0. The molecule has 7 nitrogen and oxygen atoms in total. The number of hydrogen-bond acceptors (Lipinski definition) is 7. The molecular weight excluding hydrogens is 240 g/mol. The van der Waals surface area contributed by atoms with Crippen LogP contribution in [0, 0.1) is 0 Å². The van der Waals surface area contributed by atoms with E-state index < -0.39 is 17.9 Å². The predicted molar refractivity (Wildman–Crippen MR) is 56.7 cm³/mol. The molecule has 9 heteroatoms. The minimum absolute atomic E-state index is 0.121. The van der Waals surface area contributed by atoms with Gasteiger partial charge in [0.15, 0.2) is 0 Å². The molecule has 94 valence electrons. The Morgan fingerprint density at radius 2 is 1.27 bits per heavy atom. The molecule has 0 spiro atoms. The molecule has 0 aromatic rings. The molecule has 0 aliphatic heterocycles. The molecule has 0 bridgehead atoms. The largest absolute Gasteiger partial charge is 0.671 e. The van der Waals surface area contributed by atoms with Crippen molar-refractivity contribution >= 4 is 17.9 Å². The normalized spacial score (nSPS) is 12.0. The molecule has 0 saturated heterocycles. The van der Waals surface area contributed by atoms with Crippen molar-refractivity contribution in [3.63, 3.8) is 0 Å². The van der Waals surface area contributed by atoms with E-state index in [1.54, 1.807) is 28.3 Å². The summed E-state index contributed by atoms with van der Waals surface area (Å²) in [6, 6.07) is 0. The summed E-state index contributed by atoms with van der Waals surface area (Å²) >= 11 is 0. The molecule has 0 aliphatic carbocycles. The van der Waals surface area contributed by atoms with Crippen LogP contribution in [0.2, 0.25) is 6.55 Å². The minimum Gasteiger partial charge on any atom is -0.377 e. The zero-order valence-corrected chi connectivity index (χ0v) is 11.7. The molecule has 0 amide bonds. The minimum atomic E-state index is -4.16. The van der Waals surface area contributed by atoms with E-state index in [1.807, 2.05) is 6.55 Å². The van der Waals surface area contributed by atoms with Crippen molar-refractivity contribution in [3.05, 3.63) is 0 Å². The molecule has 0 aromatic heterocycles. The van der Waals surface area contributed by atoms with Crippen LogP contribution in [-0.4, -0.2) is 60.2 Å². The zero-order valence-electron chi connectivity index (χ0n) is 9.68. The molecule has 0 fully saturated rings. The van der Waals surface area contributed by atoms with E-state index in [0.29, 0.717) is 0 Å². The van der Waals surface area contributed by atoms with Crippen molar-refractivity contribution in [1.82, 2.24) is 0 Å². The zero-order chi connectivity index (χ0) is 12.5. The maximum absolute atomic E-state index is 8.05. The van der Waals surface area contributed by atoms with Crippen LogP contribution in [0.15, 0.2) is 0 Å². The van der Waals surface area contributed by atoms with E-state index in [1.165, 1.54) is 0 Å². The predicted octanol–water partition coefficient (Wildman–Crippen LogP) is -1.07. The van der Waals surface area contributed by atoms with Crippen LogP contribution in [0.3, 0.4) is 0 Å². The van der Waals surface area contributed by atoms with Crippen molar-refractivity contribution in [2.75, 3.05) is 27.9 Å². The van der Waals surface area contributed by atoms with Crippen molar-refractivity contribution in [2.45, 2.75) is 13.5 Å². The number of rotatable bonds is 5. The monoisotopic (exact) mass is 260 g/mol.